The van der Waals surface area contributed by atoms with Gasteiger partial charge in [0.15, 0.2) is 0 Å². The van der Waals surface area contributed by atoms with Crippen molar-refractivity contribution in [2.24, 2.45) is 0 Å². The molecule has 0 aliphatic carbocycles. The average molecular weight is 363 g/mol. The Labute approximate surface area is 157 Å². The van der Waals surface area contributed by atoms with Crippen LogP contribution in [0.3, 0.4) is 0 Å². The summed E-state index contributed by atoms with van der Waals surface area (Å²) in [5.74, 6) is -0.775. The van der Waals surface area contributed by atoms with Crippen LogP contribution in [0.25, 0.3) is 0 Å². The minimum absolute atomic E-state index is 0.169. The third-order valence-corrected chi connectivity index (χ3v) is 3.61. The quantitative estimate of drug-likeness (QED) is 0.369. The summed E-state index contributed by atoms with van der Waals surface area (Å²) < 4.78 is 0. The van der Waals surface area contributed by atoms with Crippen molar-refractivity contribution in [3.05, 3.63) is 60.8 Å². The van der Waals surface area contributed by atoms with Gasteiger partial charge in [0.2, 0.25) is 0 Å². The van der Waals surface area contributed by atoms with Crippen molar-refractivity contribution in [1.82, 2.24) is 0 Å². The lowest BCUT2D eigenvalue weighted by molar-refractivity contribution is -0.136. The highest BCUT2D eigenvalue weighted by molar-refractivity contribution is 5.66. The summed E-state index contributed by atoms with van der Waals surface area (Å²) in [5, 5.41) is 28.3. The number of carboxylic acid groups (broad SMARTS) is 1. The number of hydrogen-bond donors (Lipinski definition) is 3. The number of hydrogen-bond acceptors (Lipinski definition) is 3. The largest absolute Gasteiger partial charge is 0.481 e. The lowest BCUT2D eigenvalue weighted by atomic mass is 10.1. The van der Waals surface area contributed by atoms with Crippen LogP contribution in [0.15, 0.2) is 60.8 Å². The number of aliphatic hydroxyl groups excluding tert-OH is 2. The molecule has 4 heteroatoms. The van der Waals surface area contributed by atoms with Gasteiger partial charge in [0.25, 0.3) is 0 Å². The summed E-state index contributed by atoms with van der Waals surface area (Å²) in [6.07, 6.45) is 23.4. The molecule has 0 amide bonds. The number of allylic oxidation sites excluding steroid dienone is 8. The van der Waals surface area contributed by atoms with E-state index >= 15 is 0 Å². The molecule has 0 saturated heterocycles. The summed E-state index contributed by atoms with van der Waals surface area (Å²) in [6.45, 7) is 2.09. The molecule has 2 atom stereocenters. The van der Waals surface area contributed by atoms with Crippen LogP contribution in [0.1, 0.15) is 58.3 Å². The van der Waals surface area contributed by atoms with E-state index in [1.165, 1.54) is 0 Å². The summed E-state index contributed by atoms with van der Waals surface area (Å²) >= 11 is 0. The monoisotopic (exact) mass is 362 g/mol. The van der Waals surface area contributed by atoms with Gasteiger partial charge in [0.1, 0.15) is 0 Å². The number of carbonyl (C=O) groups is 1. The van der Waals surface area contributed by atoms with Crippen molar-refractivity contribution in [2.45, 2.75) is 70.5 Å². The predicted molar refractivity (Wildman–Crippen MR) is 108 cm³/mol. The molecule has 146 valence electrons. The highest BCUT2D eigenvalue weighted by Crippen LogP contribution is 2.06. The minimum atomic E-state index is -0.775. The van der Waals surface area contributed by atoms with Gasteiger partial charge in [0, 0.05) is 6.42 Å². The zero-order valence-electron chi connectivity index (χ0n) is 15.8. The van der Waals surface area contributed by atoms with Crippen LogP contribution in [0, 0.1) is 0 Å². The Bertz CT molecular complexity index is 486. The summed E-state index contributed by atoms with van der Waals surface area (Å²) in [6, 6.07) is 0. The summed E-state index contributed by atoms with van der Waals surface area (Å²) in [4.78, 5) is 10.3. The van der Waals surface area contributed by atoms with Gasteiger partial charge in [-0.1, -0.05) is 67.7 Å². The van der Waals surface area contributed by atoms with Crippen molar-refractivity contribution >= 4 is 5.97 Å². The fourth-order valence-electron chi connectivity index (χ4n) is 2.09. The van der Waals surface area contributed by atoms with Crippen LogP contribution in [0.2, 0.25) is 0 Å². The number of rotatable bonds is 15. The Morgan fingerprint density at radius 3 is 1.62 bits per heavy atom. The van der Waals surface area contributed by atoms with Crippen molar-refractivity contribution in [3.63, 3.8) is 0 Å². The SMILES string of the molecule is CC/C=C\C/C=C\CC(O)C(O)C/C=C\C/C=C\C/C=C\CCC(=O)O. The Hall–Kier alpha value is -1.91. The van der Waals surface area contributed by atoms with Crippen LogP contribution in [-0.4, -0.2) is 33.5 Å². The van der Waals surface area contributed by atoms with Crippen molar-refractivity contribution < 1.29 is 20.1 Å². The van der Waals surface area contributed by atoms with Gasteiger partial charge in [-0.05, 0) is 44.9 Å². The van der Waals surface area contributed by atoms with Crippen molar-refractivity contribution in [1.29, 1.82) is 0 Å². The standard InChI is InChI=1S/C22H34O4/c1-2-3-4-5-11-14-17-20(23)21(24)18-15-12-9-7-6-8-10-13-16-19-22(25)26/h3-4,6-7,10-15,20-21,23-24H,2,5,8-9,16-19H2,1H3,(H,25,26)/b4-3-,7-6-,13-10-,14-11-,15-12-. The van der Waals surface area contributed by atoms with E-state index in [4.69, 9.17) is 5.11 Å². The fraction of sp³-hybridized carbons (Fsp3) is 0.500. The Kier molecular flexibility index (Phi) is 16.6. The van der Waals surface area contributed by atoms with Gasteiger partial charge in [-0.25, -0.2) is 0 Å². The molecule has 0 aromatic carbocycles. The van der Waals surface area contributed by atoms with Crippen LogP contribution in [0.5, 0.6) is 0 Å². The zero-order chi connectivity index (χ0) is 19.5. The van der Waals surface area contributed by atoms with Crippen molar-refractivity contribution in [2.75, 3.05) is 0 Å². The van der Waals surface area contributed by atoms with E-state index in [2.05, 4.69) is 19.1 Å². The summed E-state index contributed by atoms with van der Waals surface area (Å²) in [5.41, 5.74) is 0. The van der Waals surface area contributed by atoms with E-state index in [0.29, 0.717) is 19.3 Å². The molecule has 2 unspecified atom stereocenters. The second kappa shape index (κ2) is 17.9. The zero-order valence-corrected chi connectivity index (χ0v) is 15.8. The van der Waals surface area contributed by atoms with E-state index in [1.807, 2.05) is 48.6 Å². The maximum absolute atomic E-state index is 10.3. The minimum Gasteiger partial charge on any atom is -0.481 e. The lowest BCUT2D eigenvalue weighted by Gasteiger charge is -2.14. The van der Waals surface area contributed by atoms with Gasteiger partial charge in [-0.3, -0.25) is 4.79 Å². The van der Waals surface area contributed by atoms with Gasteiger partial charge in [0.05, 0.1) is 12.2 Å². The molecular weight excluding hydrogens is 328 g/mol. The first-order valence-corrected chi connectivity index (χ1v) is 9.40. The average Bonchev–Trinajstić information content (AvgIpc) is 2.61. The third-order valence-electron chi connectivity index (χ3n) is 3.61. The van der Waals surface area contributed by atoms with E-state index in [0.717, 1.165) is 25.7 Å². The first-order chi connectivity index (χ1) is 12.6. The Morgan fingerprint density at radius 2 is 1.15 bits per heavy atom. The Balaban J connectivity index is 3.77. The van der Waals surface area contributed by atoms with Crippen molar-refractivity contribution in [3.8, 4) is 0 Å². The first-order valence-electron chi connectivity index (χ1n) is 9.40. The van der Waals surface area contributed by atoms with Crippen LogP contribution in [0.4, 0.5) is 0 Å². The number of carboxylic acids is 1. The second-order valence-corrected chi connectivity index (χ2v) is 6.01. The highest BCUT2D eigenvalue weighted by atomic mass is 16.4. The normalized spacial score (nSPS) is 15.2. The molecule has 26 heavy (non-hydrogen) atoms. The van der Waals surface area contributed by atoms with Crippen LogP contribution < -0.4 is 0 Å². The highest BCUT2D eigenvalue weighted by Gasteiger charge is 2.12. The predicted octanol–water partition coefficient (Wildman–Crippen LogP) is 4.71. The molecule has 0 aromatic rings. The molecule has 0 aliphatic heterocycles. The molecule has 0 fully saturated rings. The van der Waals surface area contributed by atoms with E-state index < -0.39 is 18.2 Å². The molecule has 0 aliphatic rings. The maximum atomic E-state index is 10.3. The molecule has 0 heterocycles. The lowest BCUT2D eigenvalue weighted by Crippen LogP contribution is -2.24. The molecule has 0 bridgehead atoms. The van der Waals surface area contributed by atoms with Gasteiger partial charge in [-0.2, -0.15) is 0 Å². The Morgan fingerprint density at radius 1 is 0.731 bits per heavy atom. The molecule has 0 radical (unpaired) electrons. The van der Waals surface area contributed by atoms with E-state index in [1.54, 1.807) is 0 Å². The second-order valence-electron chi connectivity index (χ2n) is 6.01. The number of aliphatic carboxylic acids is 1. The fourth-order valence-corrected chi connectivity index (χ4v) is 2.09. The van der Waals surface area contributed by atoms with E-state index in [9.17, 15) is 15.0 Å². The smallest absolute Gasteiger partial charge is 0.303 e. The van der Waals surface area contributed by atoms with Gasteiger partial charge < -0.3 is 15.3 Å². The number of aliphatic hydroxyl groups is 2. The van der Waals surface area contributed by atoms with Gasteiger partial charge >= 0.3 is 5.97 Å². The van der Waals surface area contributed by atoms with Gasteiger partial charge in [-0.15, -0.1) is 0 Å². The van der Waals surface area contributed by atoms with Crippen LogP contribution in [-0.2, 0) is 4.79 Å². The topological polar surface area (TPSA) is 77.8 Å². The molecule has 3 N–H and O–H groups in total. The first kappa shape index (κ1) is 24.1. The molecule has 0 spiro atoms. The summed E-state index contributed by atoms with van der Waals surface area (Å²) in [7, 11) is 0. The molecule has 4 nitrogen and oxygen atoms in total. The third kappa shape index (κ3) is 16.9. The molecule has 0 saturated carbocycles. The maximum Gasteiger partial charge on any atom is 0.303 e. The van der Waals surface area contributed by atoms with Crippen LogP contribution >= 0.6 is 0 Å². The molecular formula is C22H34O4. The van der Waals surface area contributed by atoms with E-state index in [-0.39, 0.29) is 6.42 Å². The molecule has 0 aromatic heterocycles. The molecule has 0 rings (SSSR count).